The van der Waals surface area contributed by atoms with Crippen molar-refractivity contribution in [2.24, 2.45) is 0 Å². The van der Waals surface area contributed by atoms with E-state index in [4.69, 9.17) is 0 Å². The Morgan fingerprint density at radius 2 is 2.07 bits per heavy atom. The van der Waals surface area contributed by atoms with Crippen LogP contribution in [0.2, 0.25) is 0 Å². The number of aryl methyl sites for hydroxylation is 2. The molecule has 1 aliphatic carbocycles. The second kappa shape index (κ2) is 7.19. The van der Waals surface area contributed by atoms with Gasteiger partial charge in [0.2, 0.25) is 11.7 Å². The van der Waals surface area contributed by atoms with Crippen LogP contribution in [0.1, 0.15) is 35.2 Å². The van der Waals surface area contributed by atoms with Crippen molar-refractivity contribution in [3.63, 3.8) is 0 Å². The molecule has 3 aromatic rings. The fourth-order valence-electron chi connectivity index (χ4n) is 3.45. The number of hydrogen-bond donors (Lipinski definition) is 2. The van der Waals surface area contributed by atoms with E-state index < -0.39 is 0 Å². The molecule has 27 heavy (non-hydrogen) atoms. The van der Waals surface area contributed by atoms with Crippen LogP contribution in [0.15, 0.2) is 28.2 Å². The Balaban J connectivity index is 1.55. The number of rotatable bonds is 4. The van der Waals surface area contributed by atoms with E-state index in [-0.39, 0.29) is 17.2 Å². The summed E-state index contributed by atoms with van der Waals surface area (Å²) in [6.45, 7) is 4.01. The number of aromatic nitrogens is 4. The molecule has 2 N–H and O–H groups in total. The van der Waals surface area contributed by atoms with Gasteiger partial charge < -0.3 is 5.32 Å². The molecule has 2 heterocycles. The Kier molecular flexibility index (Phi) is 4.73. The highest BCUT2D eigenvalue weighted by Crippen LogP contribution is 2.24. The van der Waals surface area contributed by atoms with Crippen molar-refractivity contribution < 1.29 is 4.79 Å². The van der Waals surface area contributed by atoms with E-state index in [0.29, 0.717) is 10.9 Å². The maximum Gasteiger partial charge on any atom is 0.255 e. The molecule has 0 unspecified atom stereocenters. The first-order valence-electron chi connectivity index (χ1n) is 9.02. The molecule has 8 heteroatoms. The van der Waals surface area contributed by atoms with Crippen molar-refractivity contribution >= 4 is 29.1 Å². The number of fused-ring (bicyclic) bond motifs is 3. The largest absolute Gasteiger partial charge is 0.325 e. The van der Waals surface area contributed by atoms with Gasteiger partial charge in [-0.25, -0.2) is 0 Å². The minimum atomic E-state index is -0.0938. The summed E-state index contributed by atoms with van der Waals surface area (Å²) in [7, 11) is 0. The molecule has 0 saturated carbocycles. The van der Waals surface area contributed by atoms with E-state index in [1.165, 1.54) is 11.8 Å². The van der Waals surface area contributed by atoms with Crippen LogP contribution in [-0.4, -0.2) is 31.2 Å². The molecule has 0 aliphatic heterocycles. The highest BCUT2D eigenvalue weighted by atomic mass is 32.2. The van der Waals surface area contributed by atoms with Crippen molar-refractivity contribution in [1.82, 2.24) is 19.6 Å². The third-order valence-electron chi connectivity index (χ3n) is 5.05. The quantitative estimate of drug-likeness (QED) is 0.676. The molecule has 7 nitrogen and oxygen atoms in total. The van der Waals surface area contributed by atoms with Crippen molar-refractivity contribution in [1.29, 1.82) is 0 Å². The molecule has 140 valence electrons. The van der Waals surface area contributed by atoms with Crippen LogP contribution in [0.4, 0.5) is 5.69 Å². The van der Waals surface area contributed by atoms with Crippen LogP contribution in [-0.2, 0) is 17.6 Å². The third kappa shape index (κ3) is 3.37. The molecule has 0 radical (unpaired) electrons. The molecule has 0 spiro atoms. The van der Waals surface area contributed by atoms with E-state index in [9.17, 15) is 9.59 Å². The average molecular weight is 383 g/mol. The molecule has 1 aliphatic rings. The Morgan fingerprint density at radius 3 is 2.93 bits per heavy atom. The van der Waals surface area contributed by atoms with Gasteiger partial charge in [-0.05, 0) is 56.7 Å². The van der Waals surface area contributed by atoms with Crippen molar-refractivity contribution in [2.45, 2.75) is 44.7 Å². The number of amides is 1. The smallest absolute Gasteiger partial charge is 0.255 e. The lowest BCUT2D eigenvalue weighted by Crippen LogP contribution is -2.23. The summed E-state index contributed by atoms with van der Waals surface area (Å²) in [6, 6.07) is 5.85. The van der Waals surface area contributed by atoms with Crippen LogP contribution >= 0.6 is 11.8 Å². The molecule has 0 saturated heterocycles. The number of aromatic amines is 1. The van der Waals surface area contributed by atoms with Crippen LogP contribution in [0.3, 0.4) is 0 Å². The maximum atomic E-state index is 12.4. The molecule has 4 rings (SSSR count). The lowest BCUT2D eigenvalue weighted by Gasteiger charge is -2.16. The molecule has 0 atom stereocenters. The molecular formula is C19H21N5O2S. The molecule has 1 aromatic carbocycles. The number of nitrogens with zero attached hydrogens (tertiary/aromatic N) is 3. The van der Waals surface area contributed by atoms with E-state index in [2.05, 4.69) is 20.5 Å². The van der Waals surface area contributed by atoms with Gasteiger partial charge in [-0.1, -0.05) is 23.9 Å². The van der Waals surface area contributed by atoms with Gasteiger partial charge in [0.15, 0.2) is 5.16 Å². The standard InChI is InChI=1S/C19H21N5O2S/c1-11-6-5-8-14(12(11)2)20-16(25)10-27-19-23-22-18-21-17(26)13-7-3-4-9-15(13)24(18)19/h5-6,8H,3-4,7,9-10H2,1-2H3,(H,20,25)(H,21,22,26). The van der Waals surface area contributed by atoms with Crippen LogP contribution in [0.25, 0.3) is 5.78 Å². The van der Waals surface area contributed by atoms with Crippen LogP contribution in [0.5, 0.6) is 0 Å². The van der Waals surface area contributed by atoms with Gasteiger partial charge in [0.05, 0.1) is 5.75 Å². The summed E-state index contributed by atoms with van der Waals surface area (Å²) in [6.07, 6.45) is 3.66. The molecular weight excluding hydrogens is 362 g/mol. The molecule has 0 fully saturated rings. The van der Waals surface area contributed by atoms with E-state index >= 15 is 0 Å². The maximum absolute atomic E-state index is 12.4. The Morgan fingerprint density at radius 1 is 1.26 bits per heavy atom. The fraction of sp³-hybridized carbons (Fsp3) is 0.368. The second-order valence-corrected chi connectivity index (χ2v) is 7.75. The van der Waals surface area contributed by atoms with Crippen molar-refractivity contribution in [3.8, 4) is 0 Å². The highest BCUT2D eigenvalue weighted by Gasteiger charge is 2.20. The first-order valence-corrected chi connectivity index (χ1v) is 10.0. The van der Waals surface area contributed by atoms with Crippen molar-refractivity contribution in [2.75, 3.05) is 11.1 Å². The zero-order valence-corrected chi connectivity index (χ0v) is 16.2. The van der Waals surface area contributed by atoms with Gasteiger partial charge in [0.1, 0.15) is 0 Å². The Hall–Kier alpha value is -2.61. The number of thioether (sulfide) groups is 1. The lowest BCUT2D eigenvalue weighted by atomic mass is 9.97. The van der Waals surface area contributed by atoms with Gasteiger partial charge in [-0.15, -0.1) is 10.2 Å². The summed E-state index contributed by atoms with van der Waals surface area (Å²) in [5.74, 6) is 0.573. The van der Waals surface area contributed by atoms with Crippen LogP contribution in [0, 0.1) is 13.8 Å². The zero-order chi connectivity index (χ0) is 19.0. The number of H-pyrrole nitrogens is 1. The summed E-state index contributed by atoms with van der Waals surface area (Å²) < 4.78 is 1.89. The SMILES string of the molecule is Cc1cccc(NC(=O)CSc2nnc3[nH]c(=O)c4c(n23)CCCC4)c1C. The Bertz CT molecular complexity index is 1090. The summed E-state index contributed by atoms with van der Waals surface area (Å²) in [5, 5.41) is 11.9. The van der Waals surface area contributed by atoms with Gasteiger partial charge >= 0.3 is 0 Å². The van der Waals surface area contributed by atoms with Gasteiger partial charge in [-0.2, -0.15) is 0 Å². The highest BCUT2D eigenvalue weighted by molar-refractivity contribution is 7.99. The predicted molar refractivity (Wildman–Crippen MR) is 106 cm³/mol. The Labute approximate surface area is 160 Å². The first kappa shape index (κ1) is 17.8. The van der Waals surface area contributed by atoms with E-state index in [1.54, 1.807) is 0 Å². The molecule has 2 aromatic heterocycles. The number of hydrogen-bond acceptors (Lipinski definition) is 5. The number of anilines is 1. The number of carbonyl (C=O) groups excluding carboxylic acids is 1. The summed E-state index contributed by atoms with van der Waals surface area (Å²) >= 11 is 1.33. The number of carbonyl (C=O) groups is 1. The average Bonchev–Trinajstić information content (AvgIpc) is 3.07. The molecule has 1 amide bonds. The third-order valence-corrected chi connectivity index (χ3v) is 5.98. The van der Waals surface area contributed by atoms with Gasteiger partial charge in [0, 0.05) is 16.9 Å². The van der Waals surface area contributed by atoms with E-state index in [1.807, 2.05) is 36.4 Å². The topological polar surface area (TPSA) is 92.2 Å². The van der Waals surface area contributed by atoms with E-state index in [0.717, 1.165) is 53.8 Å². The first-order chi connectivity index (χ1) is 13.0. The predicted octanol–water partition coefficient (Wildman–Crippen LogP) is 2.64. The van der Waals surface area contributed by atoms with Crippen molar-refractivity contribution in [3.05, 3.63) is 50.9 Å². The fourth-order valence-corrected chi connectivity index (χ4v) is 4.21. The minimum absolute atomic E-state index is 0.0752. The van der Waals surface area contributed by atoms with Crippen LogP contribution < -0.4 is 10.9 Å². The second-order valence-electron chi connectivity index (χ2n) is 6.81. The normalized spacial score (nSPS) is 13.6. The number of nitrogens with one attached hydrogen (secondary N) is 2. The lowest BCUT2D eigenvalue weighted by molar-refractivity contribution is -0.113. The number of benzene rings is 1. The summed E-state index contributed by atoms with van der Waals surface area (Å²) in [4.78, 5) is 27.4. The van der Waals surface area contributed by atoms with Gasteiger partial charge in [0.25, 0.3) is 5.56 Å². The zero-order valence-electron chi connectivity index (χ0n) is 15.3. The minimum Gasteiger partial charge on any atom is -0.325 e. The molecule has 0 bridgehead atoms. The van der Waals surface area contributed by atoms with Gasteiger partial charge in [-0.3, -0.25) is 19.0 Å². The summed E-state index contributed by atoms with van der Waals surface area (Å²) in [5.41, 5.74) is 4.75. The monoisotopic (exact) mass is 383 g/mol.